The molecule has 0 unspecified atom stereocenters. The van der Waals surface area contributed by atoms with Crippen LogP contribution in [0.3, 0.4) is 0 Å². The molecule has 0 aliphatic carbocycles. The van der Waals surface area contributed by atoms with Crippen molar-refractivity contribution in [2.75, 3.05) is 17.3 Å². The number of thioether (sulfide) groups is 1. The molecule has 5 nitrogen and oxygen atoms in total. The second-order valence-electron chi connectivity index (χ2n) is 3.99. The second kappa shape index (κ2) is 3.64. The Morgan fingerprint density at radius 2 is 2.00 bits per heavy atom. The summed E-state index contributed by atoms with van der Waals surface area (Å²) in [7, 11) is -2.88. The fourth-order valence-electron chi connectivity index (χ4n) is 1.93. The van der Waals surface area contributed by atoms with Crippen LogP contribution < -0.4 is 5.32 Å². The number of rotatable bonds is 1. The number of nitrogens with one attached hydrogen (secondary N) is 1. The van der Waals surface area contributed by atoms with Gasteiger partial charge in [-0.15, -0.1) is 11.8 Å². The van der Waals surface area contributed by atoms with Gasteiger partial charge in [-0.25, -0.2) is 8.42 Å². The van der Waals surface area contributed by atoms with Crippen LogP contribution in [0.1, 0.15) is 12.8 Å². The molecule has 2 saturated heterocycles. The van der Waals surface area contributed by atoms with E-state index in [1.54, 1.807) is 11.8 Å². The number of hydrogen-bond donors (Lipinski definition) is 2. The van der Waals surface area contributed by atoms with Gasteiger partial charge in [0.1, 0.15) is 6.04 Å². The Morgan fingerprint density at radius 3 is 2.47 bits per heavy atom. The summed E-state index contributed by atoms with van der Waals surface area (Å²) in [4.78, 5) is 10.4. The zero-order chi connectivity index (χ0) is 11.1. The van der Waals surface area contributed by atoms with Gasteiger partial charge >= 0.3 is 5.97 Å². The van der Waals surface area contributed by atoms with E-state index in [9.17, 15) is 13.2 Å². The molecule has 0 saturated carbocycles. The highest BCUT2D eigenvalue weighted by Crippen LogP contribution is 2.39. The molecule has 0 aromatic rings. The van der Waals surface area contributed by atoms with Crippen molar-refractivity contribution in [2.24, 2.45) is 0 Å². The highest BCUT2D eigenvalue weighted by atomic mass is 32.2. The van der Waals surface area contributed by atoms with Crippen LogP contribution in [0.4, 0.5) is 0 Å². The van der Waals surface area contributed by atoms with Crippen molar-refractivity contribution in [1.29, 1.82) is 0 Å². The van der Waals surface area contributed by atoms with E-state index in [0.29, 0.717) is 18.6 Å². The molecular formula is C8H13NO4S2. The molecule has 2 fully saturated rings. The van der Waals surface area contributed by atoms with E-state index < -0.39 is 21.8 Å². The van der Waals surface area contributed by atoms with Crippen LogP contribution in [0, 0.1) is 0 Å². The molecule has 0 radical (unpaired) electrons. The maximum absolute atomic E-state index is 11.3. The van der Waals surface area contributed by atoms with Gasteiger partial charge in [0.2, 0.25) is 0 Å². The highest BCUT2D eigenvalue weighted by Gasteiger charge is 2.45. The number of aliphatic carboxylic acids is 1. The molecule has 2 rings (SSSR count). The average molecular weight is 251 g/mol. The molecule has 2 aliphatic rings. The third kappa shape index (κ3) is 2.29. The van der Waals surface area contributed by atoms with Gasteiger partial charge in [-0.2, -0.15) is 0 Å². The Labute approximate surface area is 92.5 Å². The van der Waals surface area contributed by atoms with Crippen molar-refractivity contribution in [2.45, 2.75) is 23.8 Å². The predicted octanol–water partition coefficient (Wildman–Crippen LogP) is -0.319. The normalized spacial score (nSPS) is 32.9. The summed E-state index contributed by atoms with van der Waals surface area (Å²) in [5, 5.41) is 11.9. The van der Waals surface area contributed by atoms with Gasteiger partial charge in [-0.3, -0.25) is 10.1 Å². The van der Waals surface area contributed by atoms with Gasteiger partial charge in [-0.1, -0.05) is 0 Å². The molecule has 1 spiro atoms. The number of sulfone groups is 1. The summed E-state index contributed by atoms with van der Waals surface area (Å²) < 4.78 is 22.5. The lowest BCUT2D eigenvalue weighted by molar-refractivity contribution is -0.138. The quantitative estimate of drug-likeness (QED) is 0.664. The largest absolute Gasteiger partial charge is 0.480 e. The Bertz CT molecular complexity index is 364. The molecule has 0 aromatic heterocycles. The van der Waals surface area contributed by atoms with Gasteiger partial charge in [0.25, 0.3) is 0 Å². The third-order valence-corrected chi connectivity index (χ3v) is 6.13. The first-order chi connectivity index (χ1) is 6.93. The summed E-state index contributed by atoms with van der Waals surface area (Å²) in [5.74, 6) is 0.00133. The maximum Gasteiger partial charge on any atom is 0.321 e. The molecule has 0 bridgehead atoms. The Kier molecular flexibility index (Phi) is 2.72. The van der Waals surface area contributed by atoms with Gasteiger partial charge < -0.3 is 5.11 Å². The van der Waals surface area contributed by atoms with Gasteiger partial charge in [0.05, 0.1) is 16.4 Å². The predicted molar refractivity (Wildman–Crippen MR) is 57.6 cm³/mol. The van der Waals surface area contributed by atoms with E-state index in [1.165, 1.54) is 0 Å². The molecule has 86 valence electrons. The Hall–Kier alpha value is -0.270. The second-order valence-corrected chi connectivity index (χ2v) is 7.70. The summed E-state index contributed by atoms with van der Waals surface area (Å²) in [5.41, 5.74) is 0. The van der Waals surface area contributed by atoms with Crippen molar-refractivity contribution in [3.63, 3.8) is 0 Å². The molecule has 1 atom stereocenters. The highest BCUT2D eigenvalue weighted by molar-refractivity contribution is 8.01. The van der Waals surface area contributed by atoms with Crippen molar-refractivity contribution >= 4 is 27.6 Å². The average Bonchev–Trinajstić information content (AvgIpc) is 2.56. The summed E-state index contributed by atoms with van der Waals surface area (Å²) >= 11 is 1.55. The monoisotopic (exact) mass is 251 g/mol. The fourth-order valence-corrected chi connectivity index (χ4v) is 5.14. The van der Waals surface area contributed by atoms with Crippen LogP contribution in [0.25, 0.3) is 0 Å². The van der Waals surface area contributed by atoms with E-state index in [-0.39, 0.29) is 16.4 Å². The van der Waals surface area contributed by atoms with Crippen LogP contribution in [-0.2, 0) is 14.6 Å². The molecule has 2 aliphatic heterocycles. The molecule has 0 amide bonds. The molecule has 2 heterocycles. The number of hydrogen-bond acceptors (Lipinski definition) is 5. The minimum Gasteiger partial charge on any atom is -0.480 e. The van der Waals surface area contributed by atoms with E-state index >= 15 is 0 Å². The molecular weight excluding hydrogens is 238 g/mol. The van der Waals surface area contributed by atoms with Crippen molar-refractivity contribution in [1.82, 2.24) is 5.32 Å². The standard InChI is InChI=1S/C8H13NO4S2/c10-7(11)6-5-14-8(9-6)1-3-15(12,13)4-2-8/h6,9H,1-5H2,(H,10,11)/t6-/m1/s1. The fraction of sp³-hybridized carbons (Fsp3) is 0.875. The number of carbonyl (C=O) groups is 1. The lowest BCUT2D eigenvalue weighted by atomic mass is 10.1. The Morgan fingerprint density at radius 1 is 1.40 bits per heavy atom. The molecule has 2 N–H and O–H groups in total. The van der Waals surface area contributed by atoms with Crippen LogP contribution >= 0.6 is 11.8 Å². The first-order valence-corrected chi connectivity index (χ1v) is 7.58. The van der Waals surface area contributed by atoms with Gasteiger partial charge in [0.15, 0.2) is 9.84 Å². The molecule has 0 aromatic carbocycles. The van der Waals surface area contributed by atoms with Crippen molar-refractivity contribution in [3.8, 4) is 0 Å². The van der Waals surface area contributed by atoms with Crippen LogP contribution in [0.5, 0.6) is 0 Å². The van der Waals surface area contributed by atoms with Gasteiger partial charge in [0, 0.05) is 5.75 Å². The topological polar surface area (TPSA) is 83.5 Å². The van der Waals surface area contributed by atoms with Crippen molar-refractivity contribution < 1.29 is 18.3 Å². The zero-order valence-corrected chi connectivity index (χ0v) is 9.73. The molecule has 7 heteroatoms. The third-order valence-electron chi connectivity index (χ3n) is 2.90. The van der Waals surface area contributed by atoms with Gasteiger partial charge in [-0.05, 0) is 12.8 Å². The first-order valence-electron chi connectivity index (χ1n) is 4.77. The van der Waals surface area contributed by atoms with Crippen LogP contribution in [-0.4, -0.2) is 47.7 Å². The number of carboxylic acids is 1. The smallest absolute Gasteiger partial charge is 0.321 e. The SMILES string of the molecule is O=C(O)[C@H]1CSC2(CCS(=O)(=O)CC2)N1. The summed E-state index contributed by atoms with van der Waals surface area (Å²) in [6, 6.07) is -0.532. The minimum atomic E-state index is -2.88. The van der Waals surface area contributed by atoms with Crippen LogP contribution in [0.15, 0.2) is 0 Å². The Balaban J connectivity index is 2.04. The van der Waals surface area contributed by atoms with E-state index in [0.717, 1.165) is 0 Å². The first kappa shape index (κ1) is 11.2. The lowest BCUT2D eigenvalue weighted by Gasteiger charge is -2.32. The minimum absolute atomic E-state index is 0.166. The number of carboxylic acid groups (broad SMARTS) is 1. The maximum atomic E-state index is 11.3. The summed E-state index contributed by atoms with van der Waals surface area (Å²) in [6.45, 7) is 0. The van der Waals surface area contributed by atoms with E-state index in [4.69, 9.17) is 5.11 Å². The van der Waals surface area contributed by atoms with E-state index in [2.05, 4.69) is 5.32 Å². The summed E-state index contributed by atoms with van der Waals surface area (Å²) in [6.07, 6.45) is 1.04. The molecule has 15 heavy (non-hydrogen) atoms. The van der Waals surface area contributed by atoms with Crippen LogP contribution in [0.2, 0.25) is 0 Å². The zero-order valence-electron chi connectivity index (χ0n) is 8.10. The lowest BCUT2D eigenvalue weighted by Crippen LogP contribution is -2.49. The van der Waals surface area contributed by atoms with Crippen molar-refractivity contribution in [3.05, 3.63) is 0 Å². The van der Waals surface area contributed by atoms with E-state index in [1.807, 2.05) is 0 Å².